The van der Waals surface area contributed by atoms with Crippen LogP contribution >= 0.6 is 0 Å². The van der Waals surface area contributed by atoms with Gasteiger partial charge in [-0.05, 0) is 48.5 Å². The number of carbonyl (C=O) groups is 2. The van der Waals surface area contributed by atoms with Gasteiger partial charge in [0, 0.05) is 5.69 Å². The average Bonchev–Trinajstić information content (AvgIpc) is 2.74. The smallest absolute Gasteiger partial charge is 0.407 e. The Morgan fingerprint density at radius 3 is 2.31 bits per heavy atom. The van der Waals surface area contributed by atoms with Crippen LogP contribution in [0.15, 0.2) is 54.6 Å². The molecule has 2 amide bonds. The van der Waals surface area contributed by atoms with Gasteiger partial charge in [-0.15, -0.1) is 0 Å². The van der Waals surface area contributed by atoms with E-state index in [1.807, 2.05) is 54.6 Å². The fourth-order valence-electron chi connectivity index (χ4n) is 3.22. The molecular formula is C25H35N2O4Si. The first kappa shape index (κ1) is 25.6. The first-order chi connectivity index (χ1) is 15.1. The van der Waals surface area contributed by atoms with Gasteiger partial charge in [0.05, 0.1) is 6.10 Å². The molecule has 0 saturated heterocycles. The lowest BCUT2D eigenvalue weighted by Crippen LogP contribution is -2.34. The molecule has 2 rings (SSSR count). The average molecular weight is 456 g/mol. The van der Waals surface area contributed by atoms with Gasteiger partial charge in [0.1, 0.15) is 13.2 Å². The predicted molar refractivity (Wildman–Crippen MR) is 130 cm³/mol. The number of hydrogen-bond acceptors (Lipinski definition) is 4. The van der Waals surface area contributed by atoms with Crippen molar-refractivity contribution >= 4 is 26.7 Å². The normalized spacial score (nSPS) is 12.3. The van der Waals surface area contributed by atoms with Gasteiger partial charge in [-0.3, -0.25) is 4.79 Å². The van der Waals surface area contributed by atoms with Crippen LogP contribution in [0.3, 0.4) is 0 Å². The number of rotatable bonds is 10. The van der Waals surface area contributed by atoms with Crippen molar-refractivity contribution in [1.82, 2.24) is 5.32 Å². The lowest BCUT2D eigenvalue weighted by Gasteiger charge is -2.32. The second-order valence-corrected chi connectivity index (χ2v) is 11.1. The van der Waals surface area contributed by atoms with E-state index in [1.165, 1.54) is 0 Å². The van der Waals surface area contributed by atoms with Crippen molar-refractivity contribution in [2.75, 3.05) is 11.9 Å². The molecule has 0 fully saturated rings. The van der Waals surface area contributed by atoms with Gasteiger partial charge in [-0.1, -0.05) is 69.3 Å². The highest BCUT2D eigenvalue weighted by molar-refractivity contribution is 6.48. The summed E-state index contributed by atoms with van der Waals surface area (Å²) >= 11 is 0. The van der Waals surface area contributed by atoms with Gasteiger partial charge in [0.25, 0.3) is 0 Å². The molecule has 0 bridgehead atoms. The Morgan fingerprint density at radius 1 is 1.00 bits per heavy atom. The highest BCUT2D eigenvalue weighted by atomic mass is 28.3. The fourth-order valence-corrected chi connectivity index (χ4v) is 4.26. The summed E-state index contributed by atoms with van der Waals surface area (Å²) in [6, 6.07) is 17.1. The number of nitrogens with one attached hydrogen (secondary N) is 2. The van der Waals surface area contributed by atoms with E-state index in [0.717, 1.165) is 29.7 Å². The molecule has 6 nitrogen and oxygen atoms in total. The largest absolute Gasteiger partial charge is 0.445 e. The van der Waals surface area contributed by atoms with Crippen LogP contribution in [-0.2, 0) is 27.0 Å². The molecule has 2 aromatic carbocycles. The number of carbonyl (C=O) groups excluding carboxylic acids is 2. The number of ether oxygens (including phenoxy) is 1. The minimum Gasteiger partial charge on any atom is -0.445 e. The number of hydrogen-bond donors (Lipinski definition) is 2. The minimum absolute atomic E-state index is 0.0458. The van der Waals surface area contributed by atoms with E-state index >= 15 is 0 Å². The number of benzene rings is 2. The zero-order valence-corrected chi connectivity index (χ0v) is 20.7. The van der Waals surface area contributed by atoms with Crippen molar-refractivity contribution in [3.8, 4) is 0 Å². The van der Waals surface area contributed by atoms with Crippen molar-refractivity contribution in [1.29, 1.82) is 0 Å². The Labute approximate surface area is 193 Å². The van der Waals surface area contributed by atoms with E-state index < -0.39 is 15.1 Å². The van der Waals surface area contributed by atoms with Crippen LogP contribution in [0.4, 0.5) is 10.5 Å². The van der Waals surface area contributed by atoms with Crippen molar-refractivity contribution < 1.29 is 18.8 Å². The molecule has 1 unspecified atom stereocenters. The fraction of sp³-hybridized carbons (Fsp3) is 0.440. The standard InChI is InChI=1S/C25H35N2O4Si/c1-25(2,3)22(31-32(4)5)16-15-20-13-9-10-14-21(20)27-23(28)17-26-24(29)30-18-19-11-7-6-8-12-19/h6-14,22H,15-18H2,1-5H3,(H,26,29)(H,27,28). The number of anilines is 1. The summed E-state index contributed by atoms with van der Waals surface area (Å²) < 4.78 is 11.4. The summed E-state index contributed by atoms with van der Waals surface area (Å²) in [4.78, 5) is 24.3. The first-order valence-corrected chi connectivity index (χ1v) is 13.3. The molecule has 7 heteroatoms. The molecule has 0 heterocycles. The van der Waals surface area contributed by atoms with Gasteiger partial charge >= 0.3 is 6.09 Å². The summed E-state index contributed by atoms with van der Waals surface area (Å²) in [5.41, 5.74) is 2.73. The highest BCUT2D eigenvalue weighted by Gasteiger charge is 2.26. The molecule has 0 aromatic heterocycles. The van der Waals surface area contributed by atoms with Crippen molar-refractivity contribution in [3.05, 3.63) is 65.7 Å². The van der Waals surface area contributed by atoms with E-state index in [4.69, 9.17) is 9.16 Å². The minimum atomic E-state index is -0.807. The molecule has 1 atom stereocenters. The molecule has 0 aliphatic rings. The maximum absolute atomic E-state index is 12.4. The number of aryl methyl sites for hydroxylation is 1. The Hall–Kier alpha value is -2.64. The van der Waals surface area contributed by atoms with Gasteiger partial charge in [-0.2, -0.15) is 0 Å². The van der Waals surface area contributed by atoms with Gasteiger partial charge < -0.3 is 19.8 Å². The van der Waals surface area contributed by atoms with Crippen molar-refractivity contribution in [3.63, 3.8) is 0 Å². The number of para-hydroxylation sites is 1. The molecule has 2 aromatic rings. The second-order valence-electron chi connectivity index (χ2n) is 9.04. The van der Waals surface area contributed by atoms with E-state index in [2.05, 4.69) is 44.5 Å². The third-order valence-electron chi connectivity index (χ3n) is 4.92. The zero-order chi connectivity index (χ0) is 23.6. The van der Waals surface area contributed by atoms with Gasteiger partial charge in [0.15, 0.2) is 0 Å². The SMILES string of the molecule is C[Si](C)OC(CCc1ccccc1NC(=O)CNC(=O)OCc1ccccc1)C(C)(C)C. The van der Waals surface area contributed by atoms with Gasteiger partial charge in [-0.25, -0.2) is 4.79 Å². The van der Waals surface area contributed by atoms with Crippen LogP contribution in [0, 0.1) is 5.41 Å². The Bertz CT molecular complexity index is 866. The maximum atomic E-state index is 12.4. The monoisotopic (exact) mass is 455 g/mol. The van der Waals surface area contributed by atoms with Gasteiger partial charge in [0.2, 0.25) is 14.9 Å². The van der Waals surface area contributed by atoms with Crippen LogP contribution < -0.4 is 10.6 Å². The predicted octanol–water partition coefficient (Wildman–Crippen LogP) is 5.17. The first-order valence-electron chi connectivity index (χ1n) is 10.9. The highest BCUT2D eigenvalue weighted by Crippen LogP contribution is 2.28. The molecule has 32 heavy (non-hydrogen) atoms. The lowest BCUT2D eigenvalue weighted by atomic mass is 9.85. The van der Waals surface area contributed by atoms with E-state index in [9.17, 15) is 9.59 Å². The Balaban J connectivity index is 1.86. The molecular weight excluding hydrogens is 420 g/mol. The summed E-state index contributed by atoms with van der Waals surface area (Å²) in [5.74, 6) is -0.301. The molecule has 1 radical (unpaired) electrons. The van der Waals surface area contributed by atoms with Crippen LogP contribution in [0.2, 0.25) is 13.1 Å². The molecule has 0 aliphatic heterocycles. The summed E-state index contributed by atoms with van der Waals surface area (Å²) in [6.07, 6.45) is 1.19. The molecule has 2 N–H and O–H groups in total. The third kappa shape index (κ3) is 9.24. The zero-order valence-electron chi connectivity index (χ0n) is 19.7. The molecule has 0 spiro atoms. The topological polar surface area (TPSA) is 76.7 Å². The number of amides is 2. The summed E-state index contributed by atoms with van der Waals surface area (Å²) in [5, 5.41) is 5.39. The maximum Gasteiger partial charge on any atom is 0.407 e. The molecule has 173 valence electrons. The Morgan fingerprint density at radius 2 is 1.66 bits per heavy atom. The van der Waals surface area contributed by atoms with E-state index in [-0.39, 0.29) is 30.6 Å². The van der Waals surface area contributed by atoms with E-state index in [0.29, 0.717) is 0 Å². The van der Waals surface area contributed by atoms with Crippen molar-refractivity contribution in [2.24, 2.45) is 5.41 Å². The van der Waals surface area contributed by atoms with Crippen LogP contribution in [-0.4, -0.2) is 33.7 Å². The lowest BCUT2D eigenvalue weighted by molar-refractivity contribution is -0.115. The van der Waals surface area contributed by atoms with Crippen LogP contribution in [0.5, 0.6) is 0 Å². The van der Waals surface area contributed by atoms with Crippen molar-refractivity contribution in [2.45, 2.75) is 59.4 Å². The Kier molecular flexibility index (Phi) is 9.93. The third-order valence-corrected chi connectivity index (χ3v) is 5.67. The van der Waals surface area contributed by atoms with Crippen LogP contribution in [0.1, 0.15) is 38.3 Å². The number of alkyl carbamates (subject to hydrolysis) is 1. The van der Waals surface area contributed by atoms with E-state index in [1.54, 1.807) is 0 Å². The quantitative estimate of drug-likeness (QED) is 0.485. The summed E-state index contributed by atoms with van der Waals surface area (Å²) in [7, 11) is -0.807. The summed E-state index contributed by atoms with van der Waals surface area (Å²) in [6.45, 7) is 10.9. The second kappa shape index (κ2) is 12.4. The van der Waals surface area contributed by atoms with Crippen LogP contribution in [0.25, 0.3) is 0 Å². The molecule has 0 saturated carbocycles. The molecule has 0 aliphatic carbocycles.